The van der Waals surface area contributed by atoms with Crippen molar-refractivity contribution in [3.8, 4) is 0 Å². The summed E-state index contributed by atoms with van der Waals surface area (Å²) < 4.78 is 5.41. The highest BCUT2D eigenvalue weighted by atomic mass is 16.3. The lowest BCUT2D eigenvalue weighted by Crippen LogP contribution is -2.44. The Bertz CT molecular complexity index is 690. The summed E-state index contributed by atoms with van der Waals surface area (Å²) in [6.07, 6.45) is 8.64. The van der Waals surface area contributed by atoms with Gasteiger partial charge in [-0.05, 0) is 67.5 Å². The van der Waals surface area contributed by atoms with Crippen molar-refractivity contribution in [2.24, 2.45) is 5.92 Å². The number of hydrogen-bond acceptors (Lipinski definition) is 4. The largest absolute Gasteiger partial charge is 0.469 e. The number of nitrogens with one attached hydrogen (secondary N) is 1. The van der Waals surface area contributed by atoms with Crippen molar-refractivity contribution < 1.29 is 9.52 Å². The van der Waals surface area contributed by atoms with E-state index in [4.69, 9.17) is 4.42 Å². The summed E-state index contributed by atoms with van der Waals surface area (Å²) in [6, 6.07) is 11.5. The van der Waals surface area contributed by atoms with Gasteiger partial charge in [0, 0.05) is 50.3 Å². The van der Waals surface area contributed by atoms with Gasteiger partial charge in [0.15, 0.2) is 0 Å². The number of fused-ring (bicyclic) bond motifs is 1. The van der Waals surface area contributed by atoms with Crippen LogP contribution in [0.1, 0.15) is 36.1 Å². The molecule has 2 aromatic rings. The highest BCUT2D eigenvalue weighted by Crippen LogP contribution is 2.28. The van der Waals surface area contributed by atoms with Crippen molar-refractivity contribution in [1.29, 1.82) is 0 Å². The average Bonchev–Trinajstić information content (AvgIpc) is 3.36. The predicted octanol–water partition coefficient (Wildman–Crippen LogP) is 3.18. The standard InChI is InChI=1S/C22H30N2O2/c25-16-17(13-22-5-2-12-26-22)15-23-20-8-10-24(11-9-20)21-7-6-18-3-1-4-19(18)14-21/h2,5-7,12,14,17,20,23,25H,1,3-4,8-11,13,15-16H2. The number of hydrogen-bond donors (Lipinski definition) is 2. The monoisotopic (exact) mass is 354 g/mol. The Morgan fingerprint density at radius 3 is 2.77 bits per heavy atom. The van der Waals surface area contributed by atoms with E-state index in [1.54, 1.807) is 17.4 Å². The minimum atomic E-state index is 0.196. The zero-order chi connectivity index (χ0) is 17.8. The Morgan fingerprint density at radius 2 is 2.00 bits per heavy atom. The molecule has 0 spiro atoms. The van der Waals surface area contributed by atoms with Gasteiger partial charge in [-0.1, -0.05) is 6.07 Å². The van der Waals surface area contributed by atoms with E-state index in [0.717, 1.165) is 44.7 Å². The molecule has 0 bridgehead atoms. The van der Waals surface area contributed by atoms with Crippen LogP contribution in [0, 0.1) is 5.92 Å². The molecule has 0 radical (unpaired) electrons. The zero-order valence-electron chi connectivity index (χ0n) is 15.5. The number of piperidine rings is 1. The molecule has 1 unspecified atom stereocenters. The van der Waals surface area contributed by atoms with Gasteiger partial charge in [0.2, 0.25) is 0 Å². The molecule has 4 rings (SSSR count). The Morgan fingerprint density at radius 1 is 1.15 bits per heavy atom. The molecule has 2 aliphatic rings. The van der Waals surface area contributed by atoms with E-state index in [2.05, 4.69) is 28.4 Å². The Kier molecular flexibility index (Phi) is 5.61. The third kappa shape index (κ3) is 4.13. The second-order valence-corrected chi connectivity index (χ2v) is 7.81. The van der Waals surface area contributed by atoms with Crippen molar-refractivity contribution >= 4 is 5.69 Å². The van der Waals surface area contributed by atoms with Gasteiger partial charge in [-0.15, -0.1) is 0 Å². The summed E-state index contributed by atoms with van der Waals surface area (Å²) in [6.45, 7) is 3.26. The molecule has 2 heterocycles. The van der Waals surface area contributed by atoms with Crippen molar-refractivity contribution in [2.45, 2.75) is 44.6 Å². The lowest BCUT2D eigenvalue weighted by molar-refractivity contribution is 0.209. The Hall–Kier alpha value is -1.78. The van der Waals surface area contributed by atoms with E-state index in [1.807, 2.05) is 12.1 Å². The summed E-state index contributed by atoms with van der Waals surface area (Å²) >= 11 is 0. The lowest BCUT2D eigenvalue weighted by atomic mass is 10.0. The molecule has 4 nitrogen and oxygen atoms in total. The molecular weight excluding hydrogens is 324 g/mol. The molecule has 0 amide bonds. The van der Waals surface area contributed by atoms with Gasteiger partial charge in [-0.3, -0.25) is 0 Å². The van der Waals surface area contributed by atoms with Gasteiger partial charge in [0.25, 0.3) is 0 Å². The number of aliphatic hydroxyl groups excluding tert-OH is 1. The highest BCUT2D eigenvalue weighted by Gasteiger charge is 2.21. The summed E-state index contributed by atoms with van der Waals surface area (Å²) in [5, 5.41) is 13.3. The van der Waals surface area contributed by atoms with E-state index in [-0.39, 0.29) is 12.5 Å². The van der Waals surface area contributed by atoms with E-state index >= 15 is 0 Å². The number of anilines is 1. The van der Waals surface area contributed by atoms with Crippen molar-refractivity contribution in [3.05, 3.63) is 53.5 Å². The number of aliphatic hydroxyl groups is 1. The fraction of sp³-hybridized carbons (Fsp3) is 0.545. The van der Waals surface area contributed by atoms with Crippen molar-refractivity contribution in [2.75, 3.05) is 31.1 Å². The molecule has 4 heteroatoms. The summed E-state index contributed by atoms with van der Waals surface area (Å²) in [4.78, 5) is 2.53. The van der Waals surface area contributed by atoms with Crippen molar-refractivity contribution in [3.63, 3.8) is 0 Å². The maximum absolute atomic E-state index is 9.63. The number of benzene rings is 1. The van der Waals surface area contributed by atoms with Crippen LogP contribution in [0.15, 0.2) is 41.0 Å². The van der Waals surface area contributed by atoms with E-state index in [1.165, 1.54) is 24.9 Å². The third-order valence-corrected chi connectivity index (χ3v) is 5.97. The van der Waals surface area contributed by atoms with E-state index in [0.29, 0.717) is 6.04 Å². The molecule has 1 fully saturated rings. The van der Waals surface area contributed by atoms with Crippen LogP contribution in [-0.2, 0) is 19.3 Å². The molecule has 2 N–H and O–H groups in total. The van der Waals surface area contributed by atoms with E-state index < -0.39 is 0 Å². The molecular formula is C22H30N2O2. The van der Waals surface area contributed by atoms with Crippen LogP contribution in [0.25, 0.3) is 0 Å². The summed E-state index contributed by atoms with van der Waals surface area (Å²) in [7, 11) is 0. The fourth-order valence-electron chi connectivity index (χ4n) is 4.34. The molecule has 1 atom stereocenters. The molecule has 0 saturated carbocycles. The van der Waals surface area contributed by atoms with Crippen LogP contribution in [0.2, 0.25) is 0 Å². The number of rotatable bonds is 7. The second kappa shape index (κ2) is 8.28. The predicted molar refractivity (Wildman–Crippen MR) is 105 cm³/mol. The first-order valence-corrected chi connectivity index (χ1v) is 10.0. The van der Waals surface area contributed by atoms with Crippen LogP contribution in [0.5, 0.6) is 0 Å². The lowest BCUT2D eigenvalue weighted by Gasteiger charge is -2.35. The van der Waals surface area contributed by atoms with Gasteiger partial charge in [0.05, 0.1) is 6.26 Å². The van der Waals surface area contributed by atoms with Crippen LogP contribution < -0.4 is 10.2 Å². The molecule has 1 aliphatic carbocycles. The molecule has 1 aromatic carbocycles. The van der Waals surface area contributed by atoms with Gasteiger partial charge >= 0.3 is 0 Å². The maximum Gasteiger partial charge on any atom is 0.104 e. The summed E-state index contributed by atoms with van der Waals surface area (Å²) in [5.41, 5.74) is 4.51. The minimum Gasteiger partial charge on any atom is -0.469 e. The first-order valence-electron chi connectivity index (χ1n) is 10.0. The van der Waals surface area contributed by atoms with Gasteiger partial charge in [-0.25, -0.2) is 0 Å². The summed E-state index contributed by atoms with van der Waals surface area (Å²) in [5.74, 6) is 1.17. The van der Waals surface area contributed by atoms with Crippen LogP contribution in [-0.4, -0.2) is 37.4 Å². The SMILES string of the molecule is OCC(CNC1CCN(c2ccc3c(c2)CCC3)CC1)Cc1ccco1. The van der Waals surface area contributed by atoms with Gasteiger partial charge in [-0.2, -0.15) is 0 Å². The quantitative estimate of drug-likeness (QED) is 0.802. The van der Waals surface area contributed by atoms with Crippen LogP contribution >= 0.6 is 0 Å². The number of furan rings is 1. The van der Waals surface area contributed by atoms with Crippen LogP contribution in [0.4, 0.5) is 5.69 Å². The molecule has 1 aromatic heterocycles. The molecule has 140 valence electrons. The van der Waals surface area contributed by atoms with Gasteiger partial charge < -0.3 is 19.7 Å². The van der Waals surface area contributed by atoms with Crippen LogP contribution in [0.3, 0.4) is 0 Å². The smallest absolute Gasteiger partial charge is 0.104 e. The molecule has 1 saturated heterocycles. The minimum absolute atomic E-state index is 0.196. The van der Waals surface area contributed by atoms with Gasteiger partial charge in [0.1, 0.15) is 5.76 Å². The van der Waals surface area contributed by atoms with Crippen molar-refractivity contribution in [1.82, 2.24) is 5.32 Å². The normalized spacial score (nSPS) is 18.9. The Balaban J connectivity index is 1.24. The van der Waals surface area contributed by atoms with E-state index in [9.17, 15) is 5.11 Å². The molecule has 1 aliphatic heterocycles. The first-order chi connectivity index (χ1) is 12.8. The second-order valence-electron chi connectivity index (χ2n) is 7.81. The fourth-order valence-corrected chi connectivity index (χ4v) is 4.34. The first kappa shape index (κ1) is 17.6. The zero-order valence-corrected chi connectivity index (χ0v) is 15.5. The number of aryl methyl sites for hydroxylation is 2. The highest BCUT2D eigenvalue weighted by molar-refractivity contribution is 5.52. The molecule has 26 heavy (non-hydrogen) atoms. The average molecular weight is 354 g/mol. The number of nitrogens with zero attached hydrogens (tertiary/aromatic N) is 1. The third-order valence-electron chi connectivity index (χ3n) is 5.97. The topological polar surface area (TPSA) is 48.6 Å². The maximum atomic E-state index is 9.63. The Labute approximate surface area is 156 Å².